The van der Waals surface area contributed by atoms with Crippen LogP contribution in [0.1, 0.15) is 24.1 Å². The van der Waals surface area contributed by atoms with Crippen LogP contribution in [0.25, 0.3) is 0 Å². The molecule has 112 valence electrons. The summed E-state index contributed by atoms with van der Waals surface area (Å²) in [6.07, 6.45) is 0. The molecule has 2 atom stereocenters. The molecule has 0 aliphatic heterocycles. The zero-order valence-corrected chi connectivity index (χ0v) is 13.7. The van der Waals surface area contributed by atoms with E-state index in [0.717, 1.165) is 12.1 Å². The van der Waals surface area contributed by atoms with Crippen molar-refractivity contribution in [1.82, 2.24) is 5.32 Å². The van der Waals surface area contributed by atoms with E-state index >= 15 is 0 Å². The van der Waals surface area contributed by atoms with Crippen molar-refractivity contribution in [2.24, 2.45) is 0 Å². The molecular weight excluding hydrogens is 302 g/mol. The summed E-state index contributed by atoms with van der Waals surface area (Å²) in [6.45, 7) is 2.91. The average molecular weight is 322 g/mol. The number of halogens is 1. The van der Waals surface area contributed by atoms with Crippen LogP contribution in [0, 0.1) is 0 Å². The van der Waals surface area contributed by atoms with E-state index in [0.29, 0.717) is 16.5 Å². The Morgan fingerprint density at radius 2 is 1.76 bits per heavy atom. The quantitative estimate of drug-likeness (QED) is 0.837. The van der Waals surface area contributed by atoms with Gasteiger partial charge in [-0.1, -0.05) is 67.1 Å². The van der Waals surface area contributed by atoms with Gasteiger partial charge in [0.05, 0.1) is 5.75 Å². The summed E-state index contributed by atoms with van der Waals surface area (Å²) in [5, 5.41) is 4.09. The van der Waals surface area contributed by atoms with Crippen molar-refractivity contribution in [1.29, 1.82) is 0 Å². The lowest BCUT2D eigenvalue weighted by atomic mass is 10.1. The van der Waals surface area contributed by atoms with Gasteiger partial charge in [-0.25, -0.2) is 0 Å². The second-order valence-corrected chi connectivity index (χ2v) is 6.77. The van der Waals surface area contributed by atoms with E-state index in [1.54, 1.807) is 0 Å². The second-order valence-electron chi connectivity index (χ2n) is 4.86. The summed E-state index contributed by atoms with van der Waals surface area (Å²) >= 11 is 6.13. The average Bonchev–Trinajstić information content (AvgIpc) is 2.50. The Labute approximate surface area is 134 Å². The van der Waals surface area contributed by atoms with Crippen molar-refractivity contribution < 1.29 is 4.21 Å². The molecule has 0 heterocycles. The van der Waals surface area contributed by atoms with E-state index in [2.05, 4.69) is 24.4 Å². The Balaban J connectivity index is 2.04. The van der Waals surface area contributed by atoms with Gasteiger partial charge in [-0.2, -0.15) is 0 Å². The van der Waals surface area contributed by atoms with Gasteiger partial charge in [0.25, 0.3) is 0 Å². The summed E-state index contributed by atoms with van der Waals surface area (Å²) < 4.78 is 12.4. The van der Waals surface area contributed by atoms with Gasteiger partial charge in [0.2, 0.25) is 0 Å². The van der Waals surface area contributed by atoms with E-state index in [9.17, 15) is 4.21 Å². The first-order chi connectivity index (χ1) is 10.2. The lowest BCUT2D eigenvalue weighted by Crippen LogP contribution is -2.26. The minimum Gasteiger partial charge on any atom is -0.309 e. The molecular formula is C17H20ClNOS. The Morgan fingerprint density at radius 1 is 1.10 bits per heavy atom. The molecule has 0 saturated heterocycles. The largest absolute Gasteiger partial charge is 0.309 e. The molecule has 1 N–H and O–H groups in total. The molecule has 2 unspecified atom stereocenters. The van der Waals surface area contributed by atoms with Crippen molar-refractivity contribution >= 4 is 22.4 Å². The van der Waals surface area contributed by atoms with E-state index in [1.165, 1.54) is 5.56 Å². The Kier molecular flexibility index (Phi) is 6.43. The molecule has 0 aliphatic carbocycles. The zero-order chi connectivity index (χ0) is 15.1. The SMILES string of the molecule is CCNC(CS(=O)Cc1ccccc1Cl)c1ccccc1. The molecule has 0 radical (unpaired) electrons. The van der Waals surface area contributed by atoms with Gasteiger partial charge in [-0.15, -0.1) is 0 Å². The maximum atomic E-state index is 12.4. The summed E-state index contributed by atoms with van der Waals surface area (Å²) in [4.78, 5) is 0. The molecule has 2 aromatic rings. The first-order valence-electron chi connectivity index (χ1n) is 7.07. The van der Waals surface area contributed by atoms with Crippen molar-refractivity contribution in [2.75, 3.05) is 12.3 Å². The molecule has 0 aliphatic rings. The lowest BCUT2D eigenvalue weighted by molar-refractivity contribution is 0.594. The van der Waals surface area contributed by atoms with E-state index in [-0.39, 0.29) is 6.04 Å². The zero-order valence-electron chi connectivity index (χ0n) is 12.1. The minimum atomic E-state index is -0.960. The van der Waals surface area contributed by atoms with E-state index in [4.69, 9.17) is 11.6 Å². The second kappa shape index (κ2) is 8.32. The summed E-state index contributed by atoms with van der Waals surface area (Å²) in [5.74, 6) is 1.08. The fourth-order valence-electron chi connectivity index (χ4n) is 2.24. The highest BCUT2D eigenvalue weighted by molar-refractivity contribution is 7.84. The minimum absolute atomic E-state index is 0.111. The standard InChI is InChI=1S/C17H20ClNOS/c1-2-19-17(14-8-4-3-5-9-14)13-21(20)12-15-10-6-7-11-16(15)18/h3-11,17,19H,2,12-13H2,1H3. The highest BCUT2D eigenvalue weighted by atomic mass is 35.5. The number of hydrogen-bond acceptors (Lipinski definition) is 2. The number of nitrogens with one attached hydrogen (secondary N) is 1. The molecule has 2 rings (SSSR count). The van der Waals surface area contributed by atoms with Crippen molar-refractivity contribution in [2.45, 2.75) is 18.7 Å². The van der Waals surface area contributed by atoms with Gasteiger partial charge in [-0.3, -0.25) is 4.21 Å². The van der Waals surface area contributed by atoms with E-state index < -0.39 is 10.8 Å². The molecule has 21 heavy (non-hydrogen) atoms. The predicted molar refractivity (Wildman–Crippen MR) is 91.0 cm³/mol. The summed E-state index contributed by atoms with van der Waals surface area (Å²) in [5.41, 5.74) is 2.12. The molecule has 4 heteroatoms. The van der Waals surface area contributed by atoms with Crippen LogP contribution in [0.5, 0.6) is 0 Å². The van der Waals surface area contributed by atoms with Crippen LogP contribution in [0.4, 0.5) is 0 Å². The van der Waals surface area contributed by atoms with Crippen LogP contribution in [0.2, 0.25) is 5.02 Å². The van der Waals surface area contributed by atoms with Gasteiger partial charge in [0.15, 0.2) is 0 Å². The molecule has 2 nitrogen and oxygen atoms in total. The Hall–Kier alpha value is -1.16. The first kappa shape index (κ1) is 16.2. The van der Waals surface area contributed by atoms with Crippen LogP contribution in [0.3, 0.4) is 0 Å². The van der Waals surface area contributed by atoms with Gasteiger partial charge < -0.3 is 5.32 Å². The number of rotatable bonds is 7. The van der Waals surface area contributed by atoms with Gasteiger partial charge in [0, 0.05) is 27.6 Å². The van der Waals surface area contributed by atoms with Gasteiger partial charge in [-0.05, 0) is 23.7 Å². The van der Waals surface area contributed by atoms with Crippen molar-refractivity contribution in [3.8, 4) is 0 Å². The summed E-state index contributed by atoms with van der Waals surface area (Å²) in [6, 6.07) is 17.9. The fraction of sp³-hybridized carbons (Fsp3) is 0.294. The fourth-order valence-corrected chi connectivity index (χ4v) is 3.92. The third kappa shape index (κ3) is 4.95. The Morgan fingerprint density at radius 3 is 2.43 bits per heavy atom. The van der Waals surface area contributed by atoms with Crippen LogP contribution in [0.15, 0.2) is 54.6 Å². The maximum Gasteiger partial charge on any atom is 0.0501 e. The van der Waals surface area contributed by atoms with Crippen molar-refractivity contribution in [3.05, 3.63) is 70.7 Å². The first-order valence-corrected chi connectivity index (χ1v) is 8.94. The third-order valence-electron chi connectivity index (χ3n) is 3.28. The highest BCUT2D eigenvalue weighted by Crippen LogP contribution is 2.19. The van der Waals surface area contributed by atoms with E-state index in [1.807, 2.05) is 42.5 Å². The van der Waals surface area contributed by atoms with Crippen LogP contribution >= 0.6 is 11.6 Å². The van der Waals surface area contributed by atoms with Crippen LogP contribution in [-0.2, 0) is 16.6 Å². The molecule has 0 fully saturated rings. The molecule has 0 spiro atoms. The van der Waals surface area contributed by atoms with Crippen molar-refractivity contribution in [3.63, 3.8) is 0 Å². The van der Waals surface area contributed by atoms with Gasteiger partial charge >= 0.3 is 0 Å². The molecule has 0 amide bonds. The van der Waals surface area contributed by atoms with Gasteiger partial charge in [0.1, 0.15) is 0 Å². The molecule has 0 saturated carbocycles. The topological polar surface area (TPSA) is 29.1 Å². The van der Waals surface area contributed by atoms with Crippen LogP contribution < -0.4 is 5.32 Å². The molecule has 0 bridgehead atoms. The normalized spacial score (nSPS) is 13.8. The predicted octanol–water partition coefficient (Wildman–Crippen LogP) is 3.94. The number of benzene rings is 2. The molecule has 2 aromatic carbocycles. The monoisotopic (exact) mass is 321 g/mol. The smallest absolute Gasteiger partial charge is 0.0501 e. The highest BCUT2D eigenvalue weighted by Gasteiger charge is 2.14. The lowest BCUT2D eigenvalue weighted by Gasteiger charge is -2.18. The maximum absolute atomic E-state index is 12.4. The Bertz CT molecular complexity index is 588. The van der Waals surface area contributed by atoms with Crippen LogP contribution in [-0.4, -0.2) is 16.5 Å². The number of hydrogen-bond donors (Lipinski definition) is 1. The third-order valence-corrected chi connectivity index (χ3v) is 4.99. The summed E-state index contributed by atoms with van der Waals surface area (Å²) in [7, 11) is -0.960. The molecule has 0 aromatic heterocycles.